The number of ether oxygens (including phenoxy) is 1. The van der Waals surface area contributed by atoms with Crippen LogP contribution in [0, 0.1) is 18.7 Å². The highest BCUT2D eigenvalue weighted by atomic mass is 19.1. The van der Waals surface area contributed by atoms with E-state index in [1.54, 1.807) is 24.0 Å². The third kappa shape index (κ3) is 6.77. The van der Waals surface area contributed by atoms with E-state index < -0.39 is 17.8 Å². The van der Waals surface area contributed by atoms with Crippen molar-refractivity contribution in [1.29, 1.82) is 0 Å². The molecule has 0 saturated carbocycles. The average molecular weight is 586 g/mol. The van der Waals surface area contributed by atoms with Gasteiger partial charge in [-0.1, -0.05) is 57.2 Å². The van der Waals surface area contributed by atoms with Crippen LogP contribution in [0.4, 0.5) is 15.8 Å². The number of amides is 2. The Kier molecular flexibility index (Phi) is 9.21. The zero-order valence-corrected chi connectivity index (χ0v) is 26.0. The van der Waals surface area contributed by atoms with E-state index in [1.165, 1.54) is 6.07 Å². The summed E-state index contributed by atoms with van der Waals surface area (Å²) in [7, 11) is 2.10. The van der Waals surface area contributed by atoms with E-state index >= 15 is 4.39 Å². The van der Waals surface area contributed by atoms with Crippen LogP contribution in [0.1, 0.15) is 79.5 Å². The molecule has 2 amide bonds. The molecule has 1 N–H and O–H groups in total. The first-order chi connectivity index (χ1) is 20.5. The normalized spacial score (nSPS) is 19.6. The van der Waals surface area contributed by atoms with E-state index in [2.05, 4.69) is 56.2 Å². The van der Waals surface area contributed by atoms with E-state index in [-0.39, 0.29) is 22.8 Å². The largest absolute Gasteiger partial charge is 0.381 e. The first-order valence-corrected chi connectivity index (χ1v) is 15.4. The quantitative estimate of drug-likeness (QED) is 0.330. The van der Waals surface area contributed by atoms with Crippen LogP contribution >= 0.6 is 0 Å². The third-order valence-corrected chi connectivity index (χ3v) is 9.04. The highest BCUT2D eigenvalue weighted by Gasteiger charge is 2.40. The van der Waals surface area contributed by atoms with Crippen molar-refractivity contribution in [3.63, 3.8) is 0 Å². The number of hydrogen-bond donors (Lipinski definition) is 1. The van der Waals surface area contributed by atoms with Gasteiger partial charge in [0, 0.05) is 44.2 Å². The molecule has 2 heterocycles. The van der Waals surface area contributed by atoms with Gasteiger partial charge in [0.2, 0.25) is 5.91 Å². The van der Waals surface area contributed by atoms with E-state index in [0.717, 1.165) is 48.6 Å². The molecule has 0 aromatic heterocycles. The summed E-state index contributed by atoms with van der Waals surface area (Å²) in [5, 5.41) is 3.15. The lowest BCUT2D eigenvalue weighted by molar-refractivity contribution is -0.123. The van der Waals surface area contributed by atoms with Crippen molar-refractivity contribution < 1.29 is 18.7 Å². The number of likely N-dealkylation sites (tertiary alicyclic amines) is 1. The molecule has 7 heteroatoms. The molecule has 3 aromatic carbocycles. The Bertz CT molecular complexity index is 1420. The molecule has 2 aliphatic heterocycles. The molecule has 5 rings (SSSR count). The van der Waals surface area contributed by atoms with Crippen LogP contribution in [-0.2, 0) is 14.9 Å². The minimum Gasteiger partial charge on any atom is -0.381 e. The molecule has 0 bridgehead atoms. The smallest absolute Gasteiger partial charge is 0.257 e. The molecule has 2 aliphatic rings. The molecule has 228 valence electrons. The molecule has 1 unspecified atom stereocenters. The van der Waals surface area contributed by atoms with Crippen LogP contribution in [0.2, 0.25) is 0 Å². The summed E-state index contributed by atoms with van der Waals surface area (Å²) < 4.78 is 20.6. The lowest BCUT2D eigenvalue weighted by Crippen LogP contribution is -2.46. The fourth-order valence-electron chi connectivity index (χ4n) is 6.45. The highest BCUT2D eigenvalue weighted by molar-refractivity contribution is 5.98. The van der Waals surface area contributed by atoms with E-state index in [0.29, 0.717) is 31.0 Å². The molecule has 0 aliphatic carbocycles. The second kappa shape index (κ2) is 12.9. The number of rotatable bonds is 6. The Morgan fingerprint density at radius 2 is 1.67 bits per heavy atom. The molecular weight excluding hydrogens is 541 g/mol. The molecule has 2 saturated heterocycles. The van der Waals surface area contributed by atoms with Gasteiger partial charge in [-0.2, -0.15) is 0 Å². The summed E-state index contributed by atoms with van der Waals surface area (Å²) in [4.78, 5) is 32.0. The summed E-state index contributed by atoms with van der Waals surface area (Å²) in [5.41, 5.74) is 4.41. The third-order valence-electron chi connectivity index (χ3n) is 9.04. The fraction of sp³-hybridized carbons (Fsp3) is 0.444. The van der Waals surface area contributed by atoms with E-state index in [1.807, 2.05) is 30.3 Å². The van der Waals surface area contributed by atoms with Gasteiger partial charge in [0.1, 0.15) is 5.82 Å². The number of halogens is 1. The monoisotopic (exact) mass is 585 g/mol. The maximum absolute atomic E-state index is 15.0. The molecule has 0 radical (unpaired) electrons. The summed E-state index contributed by atoms with van der Waals surface area (Å²) >= 11 is 0. The van der Waals surface area contributed by atoms with E-state index in [9.17, 15) is 9.59 Å². The second-order valence-electron chi connectivity index (χ2n) is 13.0. The van der Waals surface area contributed by atoms with Crippen LogP contribution in [0.3, 0.4) is 0 Å². The number of carbonyl (C=O) groups excluding carboxylic acids is 2. The van der Waals surface area contributed by atoms with Crippen molar-refractivity contribution in [2.75, 3.05) is 37.0 Å². The summed E-state index contributed by atoms with van der Waals surface area (Å²) in [6.45, 7) is 10.1. The zero-order chi connectivity index (χ0) is 30.7. The standard InChI is InChI=1S/C36H44FN3O3/c1-24-9-6-13-31(37)32(24)35(42)40-20-8-12-30(34(41)38-27-11-7-10-26(23-27)36(2,3)4)33(40)25-14-16-28(17-15-25)39(5)29-18-21-43-22-19-29/h6-7,9-11,13-17,23,29-30,33H,8,12,18-22H2,1-5H3,(H,38,41)/t30?,33-/m0/s1. The summed E-state index contributed by atoms with van der Waals surface area (Å²) in [6.07, 6.45) is 3.23. The van der Waals surface area contributed by atoms with Crippen molar-refractivity contribution in [2.45, 2.75) is 70.9 Å². The molecule has 2 fully saturated rings. The predicted molar refractivity (Wildman–Crippen MR) is 170 cm³/mol. The first-order valence-electron chi connectivity index (χ1n) is 15.4. The maximum atomic E-state index is 15.0. The number of nitrogens with zero attached hydrogens (tertiary/aromatic N) is 2. The number of carbonyl (C=O) groups is 2. The van der Waals surface area contributed by atoms with Crippen molar-refractivity contribution in [3.05, 3.63) is 94.8 Å². The Hall–Kier alpha value is -3.71. The Labute approximate surface area is 255 Å². The van der Waals surface area contributed by atoms with Crippen molar-refractivity contribution in [3.8, 4) is 0 Å². The molecular formula is C36H44FN3O3. The van der Waals surface area contributed by atoms with Gasteiger partial charge < -0.3 is 19.9 Å². The van der Waals surface area contributed by atoms with Gasteiger partial charge in [-0.25, -0.2) is 4.39 Å². The predicted octanol–water partition coefficient (Wildman–Crippen LogP) is 7.28. The fourth-order valence-corrected chi connectivity index (χ4v) is 6.45. The molecule has 43 heavy (non-hydrogen) atoms. The number of anilines is 2. The van der Waals surface area contributed by atoms with Crippen molar-refractivity contribution >= 4 is 23.2 Å². The molecule has 6 nitrogen and oxygen atoms in total. The van der Waals surface area contributed by atoms with Crippen LogP contribution in [0.5, 0.6) is 0 Å². The summed E-state index contributed by atoms with van der Waals surface area (Å²) in [6, 6.07) is 20.7. The Morgan fingerprint density at radius 3 is 2.35 bits per heavy atom. The topological polar surface area (TPSA) is 61.9 Å². The van der Waals surface area contributed by atoms with Crippen molar-refractivity contribution in [1.82, 2.24) is 4.90 Å². The molecule has 0 spiro atoms. The lowest BCUT2D eigenvalue weighted by Gasteiger charge is -2.41. The Balaban J connectivity index is 1.48. The van der Waals surface area contributed by atoms with Gasteiger partial charge in [0.15, 0.2) is 0 Å². The van der Waals surface area contributed by atoms with Gasteiger partial charge in [-0.15, -0.1) is 0 Å². The highest BCUT2D eigenvalue weighted by Crippen LogP contribution is 2.39. The van der Waals surface area contributed by atoms with Crippen molar-refractivity contribution in [2.24, 2.45) is 5.92 Å². The maximum Gasteiger partial charge on any atom is 0.257 e. The minimum absolute atomic E-state index is 0.0610. The second-order valence-corrected chi connectivity index (χ2v) is 13.0. The van der Waals surface area contributed by atoms with Crippen LogP contribution in [0.15, 0.2) is 66.7 Å². The SMILES string of the molecule is Cc1cccc(F)c1C(=O)N1CCCC(C(=O)Nc2cccc(C(C)(C)C)c2)[C@@H]1c1ccc(N(C)C2CCOCC2)cc1. The van der Waals surface area contributed by atoms with Crippen LogP contribution < -0.4 is 10.2 Å². The number of piperidine rings is 1. The average Bonchev–Trinajstić information content (AvgIpc) is 3.00. The van der Waals surface area contributed by atoms with Crippen LogP contribution in [-0.4, -0.2) is 49.6 Å². The lowest BCUT2D eigenvalue weighted by atomic mass is 9.83. The van der Waals surface area contributed by atoms with Gasteiger partial charge in [-0.05, 0) is 85.0 Å². The van der Waals surface area contributed by atoms with Gasteiger partial charge in [0.05, 0.1) is 17.5 Å². The zero-order valence-electron chi connectivity index (χ0n) is 26.0. The molecule has 3 aromatic rings. The van der Waals surface area contributed by atoms with Gasteiger partial charge in [-0.3, -0.25) is 9.59 Å². The first kappa shape index (κ1) is 30.7. The number of benzene rings is 3. The number of hydrogen-bond acceptors (Lipinski definition) is 4. The van der Waals surface area contributed by atoms with Gasteiger partial charge in [0.25, 0.3) is 5.91 Å². The van der Waals surface area contributed by atoms with E-state index in [4.69, 9.17) is 4.74 Å². The molecule has 2 atom stereocenters. The Morgan fingerprint density at radius 1 is 0.977 bits per heavy atom. The van der Waals surface area contributed by atoms with Crippen LogP contribution in [0.25, 0.3) is 0 Å². The minimum atomic E-state index is -0.539. The van der Waals surface area contributed by atoms with Gasteiger partial charge >= 0.3 is 0 Å². The number of aryl methyl sites for hydroxylation is 1. The summed E-state index contributed by atoms with van der Waals surface area (Å²) in [5.74, 6) is -1.55. The number of nitrogens with one attached hydrogen (secondary N) is 1.